The Hall–Kier alpha value is -2.63. The Morgan fingerprint density at radius 3 is 2.64 bits per heavy atom. The van der Waals surface area contributed by atoms with Crippen LogP contribution in [0, 0.1) is 6.92 Å². The summed E-state index contributed by atoms with van der Waals surface area (Å²) in [6.07, 6.45) is 3.12. The molecule has 4 aromatic rings. The number of fused-ring (bicyclic) bond motifs is 1. The van der Waals surface area contributed by atoms with Crippen LogP contribution in [0.2, 0.25) is 10.0 Å². The summed E-state index contributed by atoms with van der Waals surface area (Å²) in [7, 11) is 0. The monoisotopic (exact) mass is 370 g/mol. The van der Waals surface area contributed by atoms with Gasteiger partial charge in [0.05, 0.1) is 21.9 Å². The lowest BCUT2D eigenvalue weighted by molar-refractivity contribution is 0.464. The molecule has 0 bridgehead atoms. The molecule has 0 aliphatic rings. The van der Waals surface area contributed by atoms with Crippen LogP contribution in [0.4, 0.5) is 0 Å². The van der Waals surface area contributed by atoms with Crippen LogP contribution in [0.1, 0.15) is 5.56 Å². The number of halogens is 2. The number of hydrogen-bond acceptors (Lipinski definition) is 4. The summed E-state index contributed by atoms with van der Waals surface area (Å²) in [5, 5.41) is 6.04. The fourth-order valence-corrected chi connectivity index (χ4v) is 2.78. The molecule has 0 saturated heterocycles. The lowest BCUT2D eigenvalue weighted by Gasteiger charge is -2.08. The minimum Gasteiger partial charge on any atom is -0.438 e. The third-order valence-corrected chi connectivity index (χ3v) is 4.52. The molecule has 0 aliphatic carbocycles. The Labute approximate surface area is 153 Å². The molecule has 25 heavy (non-hydrogen) atoms. The minimum absolute atomic E-state index is 0.450. The van der Waals surface area contributed by atoms with E-state index in [0.717, 1.165) is 17.0 Å². The SMILES string of the molecule is Cc1ccccc1Oc1ncnc2c1cnn2-c1ccc(Cl)c(Cl)c1. The highest BCUT2D eigenvalue weighted by Gasteiger charge is 2.14. The molecular formula is C18H12Cl2N4O. The van der Waals surface area contributed by atoms with Gasteiger partial charge in [-0.15, -0.1) is 0 Å². The van der Waals surface area contributed by atoms with Gasteiger partial charge in [0.25, 0.3) is 0 Å². The maximum atomic E-state index is 6.11. The maximum Gasteiger partial charge on any atom is 0.233 e. The zero-order valence-corrected chi connectivity index (χ0v) is 14.7. The molecular weight excluding hydrogens is 359 g/mol. The molecule has 0 aliphatic heterocycles. The minimum atomic E-state index is 0.450. The Bertz CT molecular complexity index is 1080. The van der Waals surface area contributed by atoms with E-state index >= 15 is 0 Å². The Morgan fingerprint density at radius 2 is 1.84 bits per heavy atom. The van der Waals surface area contributed by atoms with E-state index in [0.29, 0.717) is 27.0 Å². The van der Waals surface area contributed by atoms with Crippen molar-refractivity contribution in [3.05, 3.63) is 70.6 Å². The van der Waals surface area contributed by atoms with E-state index in [1.807, 2.05) is 37.3 Å². The molecule has 5 nitrogen and oxygen atoms in total. The summed E-state index contributed by atoms with van der Waals surface area (Å²) in [5.41, 5.74) is 2.40. The number of rotatable bonds is 3. The molecule has 0 fully saturated rings. The van der Waals surface area contributed by atoms with E-state index in [2.05, 4.69) is 15.1 Å². The van der Waals surface area contributed by atoms with E-state index in [-0.39, 0.29) is 0 Å². The third-order valence-electron chi connectivity index (χ3n) is 3.78. The standard InChI is InChI=1S/C18H12Cl2N4O/c1-11-4-2-3-5-16(11)25-18-13-9-23-24(17(13)21-10-22-18)12-6-7-14(19)15(20)8-12/h2-10H,1H3. The van der Waals surface area contributed by atoms with Gasteiger partial charge in [-0.25, -0.2) is 14.6 Å². The van der Waals surface area contributed by atoms with Crippen molar-refractivity contribution in [2.45, 2.75) is 6.92 Å². The zero-order valence-electron chi connectivity index (χ0n) is 13.1. The van der Waals surface area contributed by atoms with E-state index in [9.17, 15) is 0 Å². The molecule has 0 amide bonds. The highest BCUT2D eigenvalue weighted by atomic mass is 35.5. The zero-order chi connectivity index (χ0) is 17.4. The lowest BCUT2D eigenvalue weighted by atomic mass is 10.2. The van der Waals surface area contributed by atoms with Crippen LogP contribution < -0.4 is 4.74 Å². The van der Waals surface area contributed by atoms with Crippen molar-refractivity contribution < 1.29 is 4.74 Å². The normalized spacial score (nSPS) is 11.0. The molecule has 124 valence electrons. The number of aryl methyl sites for hydroxylation is 1. The highest BCUT2D eigenvalue weighted by molar-refractivity contribution is 6.42. The molecule has 7 heteroatoms. The molecule has 0 spiro atoms. The number of nitrogens with zero attached hydrogens (tertiary/aromatic N) is 4. The second kappa shape index (κ2) is 6.35. The molecule has 0 N–H and O–H groups in total. The van der Waals surface area contributed by atoms with Crippen LogP contribution in [0.25, 0.3) is 16.7 Å². The quantitative estimate of drug-likeness (QED) is 0.495. The number of ether oxygens (including phenoxy) is 1. The molecule has 2 aromatic heterocycles. The van der Waals surface area contributed by atoms with Gasteiger partial charge in [-0.1, -0.05) is 41.4 Å². The van der Waals surface area contributed by atoms with Crippen LogP contribution in [0.3, 0.4) is 0 Å². The maximum absolute atomic E-state index is 6.11. The van der Waals surface area contributed by atoms with Crippen molar-refractivity contribution in [2.24, 2.45) is 0 Å². The molecule has 0 saturated carbocycles. The molecule has 0 atom stereocenters. The first-order chi connectivity index (χ1) is 12.1. The predicted molar refractivity (Wildman–Crippen MR) is 97.9 cm³/mol. The molecule has 0 unspecified atom stereocenters. The predicted octanol–water partition coefficient (Wildman–Crippen LogP) is 5.22. The molecule has 2 heterocycles. The van der Waals surface area contributed by atoms with E-state index in [4.69, 9.17) is 27.9 Å². The summed E-state index contributed by atoms with van der Waals surface area (Å²) in [6, 6.07) is 13.0. The number of benzene rings is 2. The van der Waals surface area contributed by atoms with Gasteiger partial charge in [-0.05, 0) is 36.8 Å². The molecule has 0 radical (unpaired) electrons. The van der Waals surface area contributed by atoms with Crippen molar-refractivity contribution in [3.63, 3.8) is 0 Å². The summed E-state index contributed by atoms with van der Waals surface area (Å²) in [6.45, 7) is 1.98. The molecule has 2 aromatic carbocycles. The van der Waals surface area contributed by atoms with Crippen LogP contribution >= 0.6 is 23.2 Å². The van der Waals surface area contributed by atoms with Crippen molar-refractivity contribution in [3.8, 4) is 17.3 Å². The number of aromatic nitrogens is 4. The molecule has 4 rings (SSSR count). The highest BCUT2D eigenvalue weighted by Crippen LogP contribution is 2.30. The van der Waals surface area contributed by atoms with E-state index < -0.39 is 0 Å². The second-order valence-electron chi connectivity index (χ2n) is 5.44. The third kappa shape index (κ3) is 2.92. The number of hydrogen-bond donors (Lipinski definition) is 0. The van der Waals surface area contributed by atoms with Crippen molar-refractivity contribution in [2.75, 3.05) is 0 Å². The van der Waals surface area contributed by atoms with Crippen LogP contribution in [0.5, 0.6) is 11.6 Å². The first-order valence-corrected chi connectivity index (χ1v) is 8.27. The average Bonchev–Trinajstić information content (AvgIpc) is 3.04. The first-order valence-electron chi connectivity index (χ1n) is 7.51. The number of para-hydroxylation sites is 1. The van der Waals surface area contributed by atoms with E-state index in [1.54, 1.807) is 23.0 Å². The first kappa shape index (κ1) is 15.9. The Morgan fingerprint density at radius 1 is 1.00 bits per heavy atom. The summed E-state index contributed by atoms with van der Waals surface area (Å²) in [4.78, 5) is 8.58. The topological polar surface area (TPSA) is 52.8 Å². The van der Waals surface area contributed by atoms with Gasteiger partial charge in [-0.2, -0.15) is 5.10 Å². The lowest BCUT2D eigenvalue weighted by Crippen LogP contribution is -1.98. The van der Waals surface area contributed by atoms with Crippen LogP contribution in [-0.2, 0) is 0 Å². The fourth-order valence-electron chi connectivity index (χ4n) is 2.48. The van der Waals surface area contributed by atoms with Gasteiger partial charge >= 0.3 is 0 Å². The smallest absolute Gasteiger partial charge is 0.233 e. The van der Waals surface area contributed by atoms with Gasteiger partial charge in [0.2, 0.25) is 5.88 Å². The Kier molecular flexibility index (Phi) is 4.03. The van der Waals surface area contributed by atoms with Gasteiger partial charge in [0.15, 0.2) is 5.65 Å². The van der Waals surface area contributed by atoms with Gasteiger partial charge < -0.3 is 4.74 Å². The van der Waals surface area contributed by atoms with Gasteiger partial charge in [0.1, 0.15) is 17.5 Å². The van der Waals surface area contributed by atoms with Gasteiger partial charge in [-0.3, -0.25) is 0 Å². The summed E-state index contributed by atoms with van der Waals surface area (Å²) < 4.78 is 7.63. The fraction of sp³-hybridized carbons (Fsp3) is 0.0556. The summed E-state index contributed by atoms with van der Waals surface area (Å²) in [5.74, 6) is 1.19. The van der Waals surface area contributed by atoms with Crippen molar-refractivity contribution >= 4 is 34.2 Å². The van der Waals surface area contributed by atoms with Crippen LogP contribution in [-0.4, -0.2) is 19.7 Å². The van der Waals surface area contributed by atoms with Crippen LogP contribution in [0.15, 0.2) is 55.0 Å². The largest absolute Gasteiger partial charge is 0.438 e. The second-order valence-corrected chi connectivity index (χ2v) is 6.25. The van der Waals surface area contributed by atoms with Crippen molar-refractivity contribution in [1.29, 1.82) is 0 Å². The van der Waals surface area contributed by atoms with Crippen molar-refractivity contribution in [1.82, 2.24) is 19.7 Å². The van der Waals surface area contributed by atoms with E-state index in [1.165, 1.54) is 6.33 Å². The van der Waals surface area contributed by atoms with Gasteiger partial charge in [0, 0.05) is 0 Å². The Balaban J connectivity index is 1.80. The summed E-state index contributed by atoms with van der Waals surface area (Å²) >= 11 is 12.1. The average molecular weight is 371 g/mol.